The summed E-state index contributed by atoms with van der Waals surface area (Å²) < 4.78 is 27.4. The van der Waals surface area contributed by atoms with E-state index in [9.17, 15) is 18.0 Å². The number of hydrogen-bond acceptors (Lipinski definition) is 4. The highest BCUT2D eigenvalue weighted by molar-refractivity contribution is 7.92. The van der Waals surface area contributed by atoms with Gasteiger partial charge >= 0.3 is 0 Å². The molecule has 9 heteroatoms. The van der Waals surface area contributed by atoms with E-state index in [1.54, 1.807) is 12.1 Å². The van der Waals surface area contributed by atoms with Gasteiger partial charge in [-0.05, 0) is 48.4 Å². The first-order valence-electron chi connectivity index (χ1n) is 8.15. The van der Waals surface area contributed by atoms with Crippen LogP contribution in [0.5, 0.6) is 0 Å². The van der Waals surface area contributed by atoms with E-state index < -0.39 is 15.9 Å². The summed E-state index contributed by atoms with van der Waals surface area (Å²) >= 11 is 5.78. The zero-order chi connectivity index (χ0) is 20.0. The molecule has 2 aromatic carbocycles. The summed E-state index contributed by atoms with van der Waals surface area (Å²) in [6.45, 7) is 3.76. The first-order chi connectivity index (χ1) is 12.7. The zero-order valence-electron chi connectivity index (χ0n) is 14.8. The number of carbonyl (C=O) groups is 2. The average Bonchev–Trinajstić information content (AvgIpc) is 2.61. The van der Waals surface area contributed by atoms with Gasteiger partial charge in [-0.2, -0.15) is 0 Å². The summed E-state index contributed by atoms with van der Waals surface area (Å²) in [6.07, 6.45) is 0.264. The van der Waals surface area contributed by atoms with Gasteiger partial charge in [0.15, 0.2) is 0 Å². The maximum atomic E-state index is 12.5. The molecule has 0 bridgehead atoms. The third-order valence-electron chi connectivity index (χ3n) is 3.41. The lowest BCUT2D eigenvalue weighted by molar-refractivity contribution is -0.122. The van der Waals surface area contributed by atoms with Crippen molar-refractivity contribution in [3.05, 3.63) is 59.1 Å². The molecule has 0 heterocycles. The molecule has 0 atom stereocenters. The second kappa shape index (κ2) is 8.88. The molecule has 144 valence electrons. The molecular weight excluding hydrogens is 390 g/mol. The Morgan fingerprint density at radius 1 is 1.04 bits per heavy atom. The van der Waals surface area contributed by atoms with Crippen LogP contribution in [0.4, 0.5) is 5.69 Å². The quantitative estimate of drug-likeness (QED) is 0.638. The summed E-state index contributed by atoms with van der Waals surface area (Å²) in [4.78, 5) is 23.7. The Kier molecular flexibility index (Phi) is 6.81. The van der Waals surface area contributed by atoms with Gasteiger partial charge < -0.3 is 0 Å². The van der Waals surface area contributed by atoms with Gasteiger partial charge in [0.2, 0.25) is 5.91 Å². The number of rotatable bonds is 6. The SMILES string of the molecule is CC(C)CC(=O)NNC(=O)c1cccc(S(=O)(=O)Nc2ccc(Cl)cc2)c1. The van der Waals surface area contributed by atoms with Crippen LogP contribution in [0.2, 0.25) is 5.02 Å². The number of carbonyl (C=O) groups excluding carboxylic acids is 2. The normalized spacial score (nSPS) is 11.1. The molecule has 2 rings (SSSR count). The number of nitrogens with one attached hydrogen (secondary N) is 3. The predicted octanol–water partition coefficient (Wildman–Crippen LogP) is 2.95. The lowest BCUT2D eigenvalue weighted by Gasteiger charge is -2.11. The molecule has 0 aliphatic rings. The lowest BCUT2D eigenvalue weighted by atomic mass is 10.1. The van der Waals surface area contributed by atoms with E-state index in [-0.39, 0.29) is 28.7 Å². The van der Waals surface area contributed by atoms with Gasteiger partial charge in [-0.3, -0.25) is 25.2 Å². The van der Waals surface area contributed by atoms with Gasteiger partial charge in [0.05, 0.1) is 4.90 Å². The van der Waals surface area contributed by atoms with Gasteiger partial charge in [0.1, 0.15) is 0 Å². The third kappa shape index (κ3) is 6.26. The minimum Gasteiger partial charge on any atom is -0.280 e. The Morgan fingerprint density at radius 3 is 2.33 bits per heavy atom. The number of halogens is 1. The van der Waals surface area contributed by atoms with Gasteiger partial charge in [-0.25, -0.2) is 8.42 Å². The van der Waals surface area contributed by atoms with Crippen LogP contribution < -0.4 is 15.6 Å². The van der Waals surface area contributed by atoms with Crippen molar-refractivity contribution in [3.63, 3.8) is 0 Å². The molecule has 3 N–H and O–H groups in total. The first-order valence-corrected chi connectivity index (χ1v) is 10.0. The van der Waals surface area contributed by atoms with Crippen molar-refractivity contribution >= 4 is 39.1 Å². The number of anilines is 1. The number of hydrazine groups is 1. The fraction of sp³-hybridized carbons (Fsp3) is 0.222. The van der Waals surface area contributed by atoms with Crippen LogP contribution in [-0.2, 0) is 14.8 Å². The van der Waals surface area contributed by atoms with E-state index >= 15 is 0 Å². The highest BCUT2D eigenvalue weighted by Gasteiger charge is 2.17. The first kappa shape index (κ1) is 20.7. The topological polar surface area (TPSA) is 104 Å². The van der Waals surface area contributed by atoms with Gasteiger partial charge in [-0.15, -0.1) is 0 Å². The van der Waals surface area contributed by atoms with Crippen LogP contribution in [-0.4, -0.2) is 20.2 Å². The standard InChI is InChI=1S/C18H20ClN3O4S/c1-12(2)10-17(23)20-21-18(24)13-4-3-5-16(11-13)27(25,26)22-15-8-6-14(19)7-9-15/h3-9,11-12,22H,10H2,1-2H3,(H,20,23)(H,21,24). The molecule has 2 amide bonds. The highest BCUT2D eigenvalue weighted by Crippen LogP contribution is 2.19. The number of hydrogen-bond donors (Lipinski definition) is 3. The maximum Gasteiger partial charge on any atom is 0.269 e. The van der Waals surface area contributed by atoms with Crippen molar-refractivity contribution in [2.75, 3.05) is 4.72 Å². The highest BCUT2D eigenvalue weighted by atomic mass is 35.5. The molecule has 0 radical (unpaired) electrons. The van der Waals surface area contributed by atoms with Crippen LogP contribution in [0.25, 0.3) is 0 Å². The second-order valence-electron chi connectivity index (χ2n) is 6.24. The summed E-state index contributed by atoms with van der Waals surface area (Å²) in [5.74, 6) is -0.795. The zero-order valence-corrected chi connectivity index (χ0v) is 16.4. The molecule has 7 nitrogen and oxygen atoms in total. The molecule has 0 aliphatic heterocycles. The van der Waals surface area contributed by atoms with Crippen molar-refractivity contribution in [3.8, 4) is 0 Å². The minimum atomic E-state index is -3.89. The Morgan fingerprint density at radius 2 is 1.70 bits per heavy atom. The number of sulfonamides is 1. The Hall–Kier alpha value is -2.58. The second-order valence-corrected chi connectivity index (χ2v) is 8.36. The van der Waals surface area contributed by atoms with E-state index in [4.69, 9.17) is 11.6 Å². The molecule has 0 unspecified atom stereocenters. The van der Waals surface area contributed by atoms with Crippen molar-refractivity contribution in [2.24, 2.45) is 5.92 Å². The van der Waals surface area contributed by atoms with Crippen molar-refractivity contribution in [1.29, 1.82) is 0 Å². The van der Waals surface area contributed by atoms with Crippen LogP contribution >= 0.6 is 11.6 Å². The summed E-state index contributed by atoms with van der Waals surface area (Å²) in [7, 11) is -3.89. The molecule has 0 spiro atoms. The van der Waals surface area contributed by atoms with Crippen molar-refractivity contribution < 1.29 is 18.0 Å². The largest absolute Gasteiger partial charge is 0.280 e. The molecule has 0 fully saturated rings. The van der Waals surface area contributed by atoms with E-state index in [0.717, 1.165) is 0 Å². The fourth-order valence-electron chi connectivity index (χ4n) is 2.16. The Labute approximate surface area is 163 Å². The summed E-state index contributed by atoms with van der Waals surface area (Å²) in [5.41, 5.74) is 5.01. The fourth-order valence-corrected chi connectivity index (χ4v) is 3.39. The monoisotopic (exact) mass is 409 g/mol. The number of amides is 2. The maximum absolute atomic E-state index is 12.5. The Balaban J connectivity index is 2.10. The average molecular weight is 410 g/mol. The third-order valence-corrected chi connectivity index (χ3v) is 5.04. The molecule has 0 aliphatic carbocycles. The molecule has 27 heavy (non-hydrogen) atoms. The van der Waals surface area contributed by atoms with Gasteiger partial charge in [0, 0.05) is 22.7 Å². The minimum absolute atomic E-state index is 0.0846. The smallest absolute Gasteiger partial charge is 0.269 e. The van der Waals surface area contributed by atoms with Crippen molar-refractivity contribution in [2.45, 2.75) is 25.2 Å². The van der Waals surface area contributed by atoms with Crippen LogP contribution in [0.3, 0.4) is 0 Å². The molecule has 0 aromatic heterocycles. The van der Waals surface area contributed by atoms with E-state index in [2.05, 4.69) is 15.6 Å². The Bertz CT molecular complexity index is 928. The van der Waals surface area contributed by atoms with Gasteiger partial charge in [-0.1, -0.05) is 31.5 Å². The summed E-state index contributed by atoms with van der Waals surface area (Å²) in [6, 6.07) is 11.7. The summed E-state index contributed by atoms with van der Waals surface area (Å²) in [5, 5.41) is 0.483. The van der Waals surface area contributed by atoms with Crippen LogP contribution in [0, 0.1) is 5.92 Å². The van der Waals surface area contributed by atoms with E-state index in [1.807, 2.05) is 13.8 Å². The predicted molar refractivity (Wildman–Crippen MR) is 104 cm³/mol. The van der Waals surface area contributed by atoms with Crippen LogP contribution in [0.15, 0.2) is 53.4 Å². The lowest BCUT2D eigenvalue weighted by Crippen LogP contribution is -2.42. The van der Waals surface area contributed by atoms with E-state index in [0.29, 0.717) is 10.7 Å². The molecule has 2 aromatic rings. The molecular formula is C18H20ClN3O4S. The van der Waals surface area contributed by atoms with Gasteiger partial charge in [0.25, 0.3) is 15.9 Å². The van der Waals surface area contributed by atoms with Crippen LogP contribution in [0.1, 0.15) is 30.6 Å². The van der Waals surface area contributed by atoms with E-state index in [1.165, 1.54) is 36.4 Å². The molecule has 0 saturated heterocycles. The number of benzene rings is 2. The molecule has 0 saturated carbocycles. The van der Waals surface area contributed by atoms with Crippen molar-refractivity contribution in [1.82, 2.24) is 10.9 Å².